The monoisotopic (exact) mass is 489 g/mol. The van der Waals surface area contributed by atoms with Gasteiger partial charge in [0.2, 0.25) is 0 Å². The summed E-state index contributed by atoms with van der Waals surface area (Å²) in [5, 5.41) is 25.4. The van der Waals surface area contributed by atoms with E-state index in [0.717, 1.165) is 22.8 Å². The quantitative estimate of drug-likeness (QED) is 0.362. The van der Waals surface area contributed by atoms with Gasteiger partial charge in [0.1, 0.15) is 24.8 Å². The van der Waals surface area contributed by atoms with Gasteiger partial charge in [-0.2, -0.15) is 0 Å². The van der Waals surface area contributed by atoms with Crippen LogP contribution in [0.1, 0.15) is 43.2 Å². The molecule has 4 aromatic rings. The number of rotatable bonds is 5. The molecule has 3 heterocycles. The maximum atomic E-state index is 12.0. The van der Waals surface area contributed by atoms with E-state index in [0.29, 0.717) is 29.8 Å². The highest BCUT2D eigenvalue weighted by Gasteiger charge is 2.37. The Balaban J connectivity index is 1.41. The summed E-state index contributed by atoms with van der Waals surface area (Å²) < 4.78 is 13.3. The lowest BCUT2D eigenvalue weighted by molar-refractivity contribution is -0.147. The maximum Gasteiger partial charge on any atom is 0.302 e. The number of aromatic nitrogens is 4. The van der Waals surface area contributed by atoms with Crippen molar-refractivity contribution in [2.75, 3.05) is 11.9 Å². The highest BCUT2D eigenvalue weighted by atomic mass is 16.5. The van der Waals surface area contributed by atoms with E-state index >= 15 is 0 Å². The fourth-order valence-corrected chi connectivity index (χ4v) is 5.45. The van der Waals surface area contributed by atoms with Crippen LogP contribution in [0.25, 0.3) is 21.9 Å². The number of esters is 1. The SMILES string of the molecule is CC(=O)OC1CCc2ccc3ccccc3c2C1Nc1ncnc2c1ncn2C1CC(O)C(CO)O1. The van der Waals surface area contributed by atoms with Crippen molar-refractivity contribution in [2.45, 2.75) is 56.8 Å². The lowest BCUT2D eigenvalue weighted by atomic mass is 9.82. The van der Waals surface area contributed by atoms with Gasteiger partial charge in [-0.05, 0) is 34.7 Å². The Morgan fingerprint density at radius 1 is 1.22 bits per heavy atom. The van der Waals surface area contributed by atoms with Crippen molar-refractivity contribution in [1.82, 2.24) is 19.5 Å². The second kappa shape index (κ2) is 9.12. The van der Waals surface area contributed by atoms with Crippen LogP contribution in [-0.2, 0) is 20.7 Å². The summed E-state index contributed by atoms with van der Waals surface area (Å²) in [4.78, 5) is 25.4. The third-order valence-electron chi connectivity index (χ3n) is 7.10. The zero-order valence-electron chi connectivity index (χ0n) is 19.7. The number of aryl methyl sites for hydroxylation is 1. The number of ether oxygens (including phenoxy) is 2. The van der Waals surface area contributed by atoms with Crippen molar-refractivity contribution in [3.63, 3.8) is 0 Å². The van der Waals surface area contributed by atoms with Gasteiger partial charge in [-0.1, -0.05) is 36.4 Å². The number of hydrogen-bond donors (Lipinski definition) is 3. The molecular formula is C26H27N5O5. The molecule has 2 aromatic heterocycles. The van der Waals surface area contributed by atoms with Crippen LogP contribution in [-0.4, -0.2) is 60.6 Å². The fourth-order valence-electron chi connectivity index (χ4n) is 5.45. The van der Waals surface area contributed by atoms with E-state index in [-0.39, 0.29) is 24.7 Å². The van der Waals surface area contributed by atoms with Crippen molar-refractivity contribution in [2.24, 2.45) is 0 Å². The molecule has 1 aliphatic carbocycles. The van der Waals surface area contributed by atoms with Gasteiger partial charge in [0.25, 0.3) is 0 Å². The first kappa shape index (κ1) is 22.8. The van der Waals surface area contributed by atoms with Crippen LogP contribution < -0.4 is 5.32 Å². The molecule has 0 amide bonds. The topological polar surface area (TPSA) is 132 Å². The van der Waals surface area contributed by atoms with Crippen LogP contribution in [0, 0.1) is 0 Å². The third-order valence-corrected chi connectivity index (χ3v) is 7.10. The molecule has 3 N–H and O–H groups in total. The Morgan fingerprint density at radius 2 is 2.08 bits per heavy atom. The van der Waals surface area contributed by atoms with Gasteiger partial charge in [0.05, 0.1) is 25.1 Å². The van der Waals surface area contributed by atoms with Crippen molar-refractivity contribution in [3.05, 3.63) is 60.2 Å². The number of aliphatic hydroxyl groups excluding tert-OH is 2. The summed E-state index contributed by atoms with van der Waals surface area (Å²) >= 11 is 0. The zero-order chi connectivity index (χ0) is 24.8. The molecule has 10 heteroatoms. The fraction of sp³-hybridized carbons (Fsp3) is 0.385. The molecule has 0 saturated carbocycles. The number of imidazole rings is 1. The average Bonchev–Trinajstić information content (AvgIpc) is 3.48. The van der Waals surface area contributed by atoms with E-state index in [1.54, 1.807) is 10.9 Å². The molecule has 0 bridgehead atoms. The molecule has 2 aromatic carbocycles. The lowest BCUT2D eigenvalue weighted by Crippen LogP contribution is -2.34. The van der Waals surface area contributed by atoms with E-state index in [9.17, 15) is 15.0 Å². The molecule has 2 aliphatic rings. The number of nitrogens with one attached hydrogen (secondary N) is 1. The van der Waals surface area contributed by atoms with Gasteiger partial charge in [0, 0.05) is 13.3 Å². The van der Waals surface area contributed by atoms with Gasteiger partial charge in [-0.15, -0.1) is 0 Å². The summed E-state index contributed by atoms with van der Waals surface area (Å²) in [5.74, 6) is 0.182. The maximum absolute atomic E-state index is 12.0. The van der Waals surface area contributed by atoms with Crippen molar-refractivity contribution in [3.8, 4) is 0 Å². The minimum absolute atomic E-state index is 0.265. The van der Waals surface area contributed by atoms with Crippen LogP contribution in [0.2, 0.25) is 0 Å². The molecule has 10 nitrogen and oxygen atoms in total. The Hall–Kier alpha value is -3.60. The summed E-state index contributed by atoms with van der Waals surface area (Å²) in [6.45, 7) is 1.16. The first-order valence-corrected chi connectivity index (χ1v) is 12.1. The van der Waals surface area contributed by atoms with E-state index in [1.165, 1.54) is 18.8 Å². The molecule has 1 aliphatic heterocycles. The summed E-state index contributed by atoms with van der Waals surface area (Å²) in [7, 11) is 0. The highest BCUT2D eigenvalue weighted by molar-refractivity contribution is 5.89. The number of fused-ring (bicyclic) bond motifs is 4. The van der Waals surface area contributed by atoms with Crippen molar-refractivity contribution in [1.29, 1.82) is 0 Å². The van der Waals surface area contributed by atoms with Crippen LogP contribution >= 0.6 is 0 Å². The summed E-state index contributed by atoms with van der Waals surface area (Å²) in [6.07, 6.45) is 2.56. The largest absolute Gasteiger partial charge is 0.460 e. The standard InChI is InChI=1S/C26H27N5O5/c1-14(33)35-19-9-8-16-7-6-15-4-2-3-5-17(15)22(16)23(19)30-25-24-26(28-12-27-25)31(13-29-24)21-10-18(34)20(11-32)36-21/h2-7,12-13,18-21,23,32,34H,8-11H2,1H3,(H,27,28,30). The summed E-state index contributed by atoms with van der Waals surface area (Å²) in [6, 6.07) is 12.1. The molecule has 1 saturated heterocycles. The molecule has 0 spiro atoms. The normalized spacial score (nSPS) is 25.7. The Morgan fingerprint density at radius 3 is 2.89 bits per heavy atom. The Labute approximate surface area is 206 Å². The molecule has 36 heavy (non-hydrogen) atoms. The van der Waals surface area contributed by atoms with Crippen LogP contribution in [0.4, 0.5) is 5.82 Å². The third kappa shape index (κ3) is 3.87. The van der Waals surface area contributed by atoms with Crippen LogP contribution in [0.5, 0.6) is 0 Å². The molecule has 5 unspecified atom stereocenters. The smallest absolute Gasteiger partial charge is 0.302 e. The van der Waals surface area contributed by atoms with E-state index in [2.05, 4.69) is 44.5 Å². The minimum atomic E-state index is -0.770. The van der Waals surface area contributed by atoms with Crippen LogP contribution in [0.3, 0.4) is 0 Å². The van der Waals surface area contributed by atoms with E-state index < -0.39 is 18.4 Å². The van der Waals surface area contributed by atoms with Crippen molar-refractivity contribution >= 4 is 33.7 Å². The van der Waals surface area contributed by atoms with Crippen molar-refractivity contribution < 1.29 is 24.5 Å². The second-order valence-electron chi connectivity index (χ2n) is 9.33. The molecule has 6 rings (SSSR count). The number of anilines is 1. The second-order valence-corrected chi connectivity index (χ2v) is 9.33. The molecule has 1 fully saturated rings. The predicted molar refractivity (Wildman–Crippen MR) is 131 cm³/mol. The Bertz CT molecular complexity index is 1440. The van der Waals surface area contributed by atoms with Gasteiger partial charge < -0.3 is 25.0 Å². The first-order valence-electron chi connectivity index (χ1n) is 12.1. The van der Waals surface area contributed by atoms with E-state index in [4.69, 9.17) is 9.47 Å². The van der Waals surface area contributed by atoms with Gasteiger partial charge in [-0.25, -0.2) is 15.0 Å². The first-order chi connectivity index (χ1) is 17.5. The van der Waals surface area contributed by atoms with E-state index in [1.807, 2.05) is 12.1 Å². The molecule has 5 atom stereocenters. The average molecular weight is 490 g/mol. The minimum Gasteiger partial charge on any atom is -0.460 e. The lowest BCUT2D eigenvalue weighted by Gasteiger charge is -2.34. The Kier molecular flexibility index (Phi) is 5.79. The number of carbonyl (C=O) groups excluding carboxylic acids is 1. The number of carbonyl (C=O) groups is 1. The number of benzene rings is 2. The molecule has 0 radical (unpaired) electrons. The number of aliphatic hydroxyl groups is 2. The van der Waals surface area contributed by atoms with Gasteiger partial charge in [0.15, 0.2) is 17.0 Å². The highest BCUT2D eigenvalue weighted by Crippen LogP contribution is 2.40. The predicted octanol–water partition coefficient (Wildman–Crippen LogP) is 2.65. The van der Waals surface area contributed by atoms with Gasteiger partial charge in [-0.3, -0.25) is 9.36 Å². The molecular weight excluding hydrogens is 462 g/mol. The molecule has 186 valence electrons. The zero-order valence-corrected chi connectivity index (χ0v) is 19.7. The number of nitrogens with zero attached hydrogens (tertiary/aromatic N) is 4. The number of hydrogen-bond acceptors (Lipinski definition) is 9. The summed E-state index contributed by atoms with van der Waals surface area (Å²) in [5.41, 5.74) is 3.37. The van der Waals surface area contributed by atoms with Crippen LogP contribution in [0.15, 0.2) is 49.1 Å². The van der Waals surface area contributed by atoms with Gasteiger partial charge >= 0.3 is 5.97 Å².